The number of hydrogen-bond acceptors (Lipinski definition) is 4. The number of benzene rings is 1. The maximum Gasteiger partial charge on any atom is 0.242 e. The number of piperidine rings is 1. The number of nitrogens with one attached hydrogen (secondary N) is 1. The summed E-state index contributed by atoms with van der Waals surface area (Å²) in [7, 11) is -1.56. The van der Waals surface area contributed by atoms with Crippen LogP contribution in [0.4, 0.5) is 0 Å². The third kappa shape index (κ3) is 4.29. The van der Waals surface area contributed by atoms with Crippen molar-refractivity contribution in [3.63, 3.8) is 0 Å². The van der Waals surface area contributed by atoms with Gasteiger partial charge in [0, 0.05) is 18.2 Å². The zero-order chi connectivity index (χ0) is 15.3. The molecule has 0 amide bonds. The number of sulfonamides is 1. The van der Waals surface area contributed by atoms with E-state index in [0.29, 0.717) is 5.56 Å². The molecule has 1 aliphatic heterocycles. The molecule has 0 saturated carbocycles. The summed E-state index contributed by atoms with van der Waals surface area (Å²) in [4.78, 5) is 2.36. The first-order valence-electron chi connectivity index (χ1n) is 7.02. The maximum atomic E-state index is 12.6. The molecule has 21 heavy (non-hydrogen) atoms. The van der Waals surface area contributed by atoms with Gasteiger partial charge in [-0.1, -0.05) is 24.0 Å². The molecule has 2 rings (SSSR count). The fourth-order valence-electron chi connectivity index (χ4n) is 2.50. The molecule has 1 atom stereocenters. The van der Waals surface area contributed by atoms with E-state index in [9.17, 15) is 8.42 Å². The Labute approximate surface area is 126 Å². The van der Waals surface area contributed by atoms with E-state index in [1.165, 1.54) is 0 Å². The molecule has 0 aromatic heterocycles. The minimum Gasteiger partial charge on any atom is -0.320 e. The van der Waals surface area contributed by atoms with Crippen molar-refractivity contribution in [2.75, 3.05) is 26.7 Å². The molecule has 0 radical (unpaired) electrons. The summed E-state index contributed by atoms with van der Waals surface area (Å²) in [5, 5.41) is 0. The Morgan fingerprint density at radius 1 is 1.43 bits per heavy atom. The monoisotopic (exact) mass is 307 g/mol. The van der Waals surface area contributed by atoms with Crippen molar-refractivity contribution in [1.29, 1.82) is 0 Å². The third-order valence-electron chi connectivity index (χ3n) is 3.45. The first-order chi connectivity index (χ1) is 10.0. The van der Waals surface area contributed by atoms with Gasteiger partial charge in [0.2, 0.25) is 10.0 Å². The molecule has 114 valence electrons. The van der Waals surface area contributed by atoms with Gasteiger partial charge in [0.15, 0.2) is 0 Å². The molecule has 1 aromatic rings. The van der Waals surface area contributed by atoms with Gasteiger partial charge < -0.3 is 10.6 Å². The molecule has 0 bridgehead atoms. The second-order valence-corrected chi connectivity index (χ2v) is 6.91. The minimum absolute atomic E-state index is 0.0516. The van der Waals surface area contributed by atoms with Crippen molar-refractivity contribution < 1.29 is 8.42 Å². The van der Waals surface area contributed by atoms with E-state index in [0.717, 1.165) is 25.9 Å². The lowest BCUT2D eigenvalue weighted by molar-refractivity contribution is 0.242. The largest absolute Gasteiger partial charge is 0.320 e. The second kappa shape index (κ2) is 7.05. The number of rotatable bonds is 3. The fraction of sp³-hybridized carbons (Fsp3) is 0.467. The van der Waals surface area contributed by atoms with Gasteiger partial charge in [-0.3, -0.25) is 0 Å². The predicted octanol–water partition coefficient (Wildman–Crippen LogP) is 0.369. The summed E-state index contributed by atoms with van der Waals surface area (Å²) in [5.74, 6) is 5.53. The van der Waals surface area contributed by atoms with E-state index in [2.05, 4.69) is 21.5 Å². The van der Waals surface area contributed by atoms with Crippen LogP contribution >= 0.6 is 0 Å². The molecule has 3 N–H and O–H groups in total. The summed E-state index contributed by atoms with van der Waals surface area (Å²) in [5.41, 5.74) is 5.84. The summed E-state index contributed by atoms with van der Waals surface area (Å²) in [6, 6.07) is 6.70. The topological polar surface area (TPSA) is 75.4 Å². The number of hydrogen-bond donors (Lipinski definition) is 2. The van der Waals surface area contributed by atoms with Gasteiger partial charge in [-0.15, -0.1) is 0 Å². The van der Waals surface area contributed by atoms with Crippen LogP contribution in [-0.2, 0) is 10.0 Å². The molecule has 1 saturated heterocycles. The molecule has 0 aliphatic carbocycles. The van der Waals surface area contributed by atoms with Gasteiger partial charge in [0.25, 0.3) is 0 Å². The zero-order valence-corrected chi connectivity index (χ0v) is 13.0. The van der Waals surface area contributed by atoms with Crippen molar-refractivity contribution in [1.82, 2.24) is 9.62 Å². The molecular formula is C15H21N3O2S. The van der Waals surface area contributed by atoms with E-state index >= 15 is 0 Å². The van der Waals surface area contributed by atoms with Crippen LogP contribution < -0.4 is 10.5 Å². The summed E-state index contributed by atoms with van der Waals surface area (Å²) >= 11 is 0. The van der Waals surface area contributed by atoms with E-state index in [-0.39, 0.29) is 17.5 Å². The van der Waals surface area contributed by atoms with Crippen LogP contribution in [0.2, 0.25) is 0 Å². The highest BCUT2D eigenvalue weighted by atomic mass is 32.2. The third-order valence-corrected chi connectivity index (χ3v) is 5.03. The average Bonchev–Trinajstić information content (AvgIpc) is 2.45. The molecule has 1 unspecified atom stereocenters. The van der Waals surface area contributed by atoms with Crippen molar-refractivity contribution in [3.8, 4) is 11.8 Å². The van der Waals surface area contributed by atoms with Gasteiger partial charge in [0.05, 0.1) is 11.4 Å². The van der Waals surface area contributed by atoms with Gasteiger partial charge in [-0.2, -0.15) is 0 Å². The van der Waals surface area contributed by atoms with Crippen LogP contribution in [0.3, 0.4) is 0 Å². The Kier molecular flexibility index (Phi) is 5.37. The number of nitrogens with two attached hydrogens (primary N) is 1. The number of likely N-dealkylation sites (N-methyl/N-ethyl adjacent to an activating group) is 1. The number of nitrogens with zero attached hydrogens (tertiary/aromatic N) is 1. The van der Waals surface area contributed by atoms with Gasteiger partial charge >= 0.3 is 0 Å². The Morgan fingerprint density at radius 3 is 2.90 bits per heavy atom. The predicted molar refractivity (Wildman–Crippen MR) is 83.2 cm³/mol. The van der Waals surface area contributed by atoms with Crippen LogP contribution in [0.15, 0.2) is 29.2 Å². The van der Waals surface area contributed by atoms with Crippen molar-refractivity contribution in [2.24, 2.45) is 5.73 Å². The van der Waals surface area contributed by atoms with Crippen molar-refractivity contribution in [3.05, 3.63) is 29.8 Å². The van der Waals surface area contributed by atoms with E-state index in [1.54, 1.807) is 24.3 Å². The summed E-state index contributed by atoms with van der Waals surface area (Å²) in [6.07, 6.45) is 1.86. The lowest BCUT2D eigenvalue weighted by Gasteiger charge is -2.30. The van der Waals surface area contributed by atoms with Gasteiger partial charge in [-0.25, -0.2) is 13.1 Å². The van der Waals surface area contributed by atoms with Gasteiger partial charge in [0.1, 0.15) is 0 Å². The molecule has 6 heteroatoms. The van der Waals surface area contributed by atoms with E-state index < -0.39 is 10.0 Å². The molecular weight excluding hydrogens is 286 g/mol. The van der Waals surface area contributed by atoms with Crippen LogP contribution in [0, 0.1) is 11.8 Å². The smallest absolute Gasteiger partial charge is 0.242 e. The molecule has 1 fully saturated rings. The molecule has 0 spiro atoms. The molecule has 1 heterocycles. The van der Waals surface area contributed by atoms with E-state index in [4.69, 9.17) is 5.73 Å². The Bertz CT molecular complexity index is 646. The fourth-order valence-corrected chi connectivity index (χ4v) is 3.92. The van der Waals surface area contributed by atoms with E-state index in [1.807, 2.05) is 7.05 Å². The lowest BCUT2D eigenvalue weighted by atomic mass is 10.1. The molecule has 1 aromatic carbocycles. The van der Waals surface area contributed by atoms with Crippen LogP contribution in [0.25, 0.3) is 0 Å². The second-order valence-electron chi connectivity index (χ2n) is 5.22. The minimum atomic E-state index is -3.56. The zero-order valence-electron chi connectivity index (χ0n) is 12.2. The number of likely N-dealkylation sites (tertiary alicyclic amines) is 1. The molecule has 5 nitrogen and oxygen atoms in total. The van der Waals surface area contributed by atoms with Crippen LogP contribution in [-0.4, -0.2) is 46.0 Å². The highest BCUT2D eigenvalue weighted by Gasteiger charge is 2.25. The van der Waals surface area contributed by atoms with Crippen molar-refractivity contribution >= 4 is 10.0 Å². The Balaban J connectivity index is 2.23. The first-order valence-corrected chi connectivity index (χ1v) is 8.50. The maximum absolute atomic E-state index is 12.6. The standard InChI is InChI=1S/C15H21N3O2S/c1-18-11-5-8-14(12-18)17-21(19,20)15-9-3-2-6-13(15)7-4-10-16/h2-3,6,9,14,17H,5,8,10-12,16H2,1H3. The van der Waals surface area contributed by atoms with Crippen LogP contribution in [0.1, 0.15) is 18.4 Å². The highest BCUT2D eigenvalue weighted by molar-refractivity contribution is 7.89. The highest BCUT2D eigenvalue weighted by Crippen LogP contribution is 2.17. The first kappa shape index (κ1) is 16.0. The summed E-state index contributed by atoms with van der Waals surface area (Å²) < 4.78 is 27.9. The SMILES string of the molecule is CN1CCCC(NS(=O)(=O)c2ccccc2C#CCN)C1. The summed E-state index contributed by atoms with van der Waals surface area (Å²) in [6.45, 7) is 1.95. The van der Waals surface area contributed by atoms with Crippen LogP contribution in [0.5, 0.6) is 0 Å². The quantitative estimate of drug-likeness (QED) is 0.791. The normalized spacial score (nSPS) is 19.8. The Morgan fingerprint density at radius 2 is 2.19 bits per heavy atom. The Hall–Kier alpha value is -1.39. The molecule has 1 aliphatic rings. The lowest BCUT2D eigenvalue weighted by Crippen LogP contribution is -2.46. The average molecular weight is 307 g/mol. The van der Waals surface area contributed by atoms with Crippen molar-refractivity contribution in [2.45, 2.75) is 23.8 Å². The van der Waals surface area contributed by atoms with Gasteiger partial charge in [-0.05, 0) is 38.6 Å².